The zero-order valence-electron chi connectivity index (χ0n) is 10.5. The van der Waals surface area contributed by atoms with Gasteiger partial charge in [-0.2, -0.15) is 5.10 Å². The highest BCUT2D eigenvalue weighted by Crippen LogP contribution is 2.28. The molecule has 0 aliphatic heterocycles. The summed E-state index contributed by atoms with van der Waals surface area (Å²) >= 11 is 1.57. The van der Waals surface area contributed by atoms with Crippen molar-refractivity contribution in [3.63, 3.8) is 0 Å². The molecular weight excluding hydrogens is 246 g/mol. The first kappa shape index (κ1) is 11.6. The fourth-order valence-corrected chi connectivity index (χ4v) is 2.97. The SMILES string of the molecule is Cc1nnc(NCc2ccn(C3CCCC3)n2)s1. The van der Waals surface area contributed by atoms with E-state index in [1.54, 1.807) is 11.3 Å². The van der Waals surface area contributed by atoms with Crippen molar-refractivity contribution in [2.24, 2.45) is 0 Å². The van der Waals surface area contributed by atoms with Gasteiger partial charge in [-0.25, -0.2) is 0 Å². The Morgan fingerprint density at radius 2 is 2.22 bits per heavy atom. The Labute approximate surface area is 110 Å². The van der Waals surface area contributed by atoms with Crippen LogP contribution in [-0.2, 0) is 6.54 Å². The fraction of sp³-hybridized carbons (Fsp3) is 0.583. The van der Waals surface area contributed by atoms with Crippen LogP contribution >= 0.6 is 11.3 Å². The van der Waals surface area contributed by atoms with E-state index in [1.165, 1.54) is 25.7 Å². The monoisotopic (exact) mass is 263 g/mol. The smallest absolute Gasteiger partial charge is 0.205 e. The number of nitrogens with zero attached hydrogens (tertiary/aromatic N) is 4. The molecule has 0 saturated heterocycles. The predicted molar refractivity (Wildman–Crippen MR) is 71.7 cm³/mol. The molecule has 1 saturated carbocycles. The van der Waals surface area contributed by atoms with Crippen LogP contribution in [0.1, 0.15) is 42.4 Å². The molecule has 1 aliphatic rings. The number of hydrogen-bond donors (Lipinski definition) is 1. The molecule has 0 atom stereocenters. The number of anilines is 1. The molecular formula is C12H17N5S. The van der Waals surface area contributed by atoms with E-state index in [0.717, 1.165) is 15.8 Å². The van der Waals surface area contributed by atoms with Gasteiger partial charge in [-0.15, -0.1) is 10.2 Å². The Morgan fingerprint density at radius 1 is 1.39 bits per heavy atom. The zero-order valence-corrected chi connectivity index (χ0v) is 11.3. The first-order valence-corrected chi connectivity index (χ1v) is 7.21. The first-order valence-electron chi connectivity index (χ1n) is 6.39. The standard InChI is InChI=1S/C12H17N5S/c1-9-14-15-12(18-9)13-8-10-6-7-17(16-10)11-4-2-3-5-11/h6-7,11H,2-5,8H2,1H3,(H,13,15). The van der Waals surface area contributed by atoms with Crippen molar-refractivity contribution < 1.29 is 0 Å². The molecule has 0 bridgehead atoms. The van der Waals surface area contributed by atoms with E-state index in [9.17, 15) is 0 Å². The quantitative estimate of drug-likeness (QED) is 0.921. The minimum absolute atomic E-state index is 0.613. The lowest BCUT2D eigenvalue weighted by Crippen LogP contribution is -2.07. The van der Waals surface area contributed by atoms with Gasteiger partial charge in [0.25, 0.3) is 0 Å². The summed E-state index contributed by atoms with van der Waals surface area (Å²) < 4.78 is 2.12. The highest BCUT2D eigenvalue weighted by atomic mass is 32.1. The fourth-order valence-electron chi connectivity index (χ4n) is 2.38. The molecule has 18 heavy (non-hydrogen) atoms. The lowest BCUT2D eigenvalue weighted by Gasteiger charge is -2.08. The van der Waals surface area contributed by atoms with Crippen LogP contribution < -0.4 is 5.32 Å². The first-order chi connectivity index (χ1) is 8.81. The Bertz CT molecular complexity index is 512. The summed E-state index contributed by atoms with van der Waals surface area (Å²) in [5.41, 5.74) is 1.06. The van der Waals surface area contributed by atoms with Crippen molar-refractivity contribution in [2.45, 2.75) is 45.2 Å². The van der Waals surface area contributed by atoms with Gasteiger partial charge < -0.3 is 5.32 Å². The lowest BCUT2D eigenvalue weighted by molar-refractivity contribution is 0.463. The molecule has 2 aromatic rings. The molecule has 3 rings (SSSR count). The van der Waals surface area contributed by atoms with Crippen molar-refractivity contribution in [1.82, 2.24) is 20.0 Å². The van der Waals surface area contributed by atoms with Gasteiger partial charge in [0, 0.05) is 6.20 Å². The maximum Gasteiger partial charge on any atom is 0.205 e. The number of aryl methyl sites for hydroxylation is 1. The summed E-state index contributed by atoms with van der Waals surface area (Å²) in [4.78, 5) is 0. The number of nitrogens with one attached hydrogen (secondary N) is 1. The number of aromatic nitrogens is 4. The van der Waals surface area contributed by atoms with Gasteiger partial charge in [-0.1, -0.05) is 24.2 Å². The van der Waals surface area contributed by atoms with Crippen molar-refractivity contribution >= 4 is 16.5 Å². The third-order valence-corrected chi connectivity index (χ3v) is 4.11. The maximum atomic E-state index is 4.62. The van der Waals surface area contributed by atoms with Crippen LogP contribution in [0.4, 0.5) is 5.13 Å². The second-order valence-electron chi connectivity index (χ2n) is 4.71. The summed E-state index contributed by atoms with van der Waals surface area (Å²) in [5.74, 6) is 0. The molecule has 1 fully saturated rings. The van der Waals surface area contributed by atoms with Crippen molar-refractivity contribution in [1.29, 1.82) is 0 Å². The summed E-state index contributed by atoms with van der Waals surface area (Å²) in [6, 6.07) is 2.70. The minimum atomic E-state index is 0.613. The molecule has 2 aromatic heterocycles. The lowest BCUT2D eigenvalue weighted by atomic mass is 10.3. The highest BCUT2D eigenvalue weighted by Gasteiger charge is 2.17. The minimum Gasteiger partial charge on any atom is -0.354 e. The average molecular weight is 263 g/mol. The van der Waals surface area contributed by atoms with Gasteiger partial charge in [-0.3, -0.25) is 4.68 Å². The van der Waals surface area contributed by atoms with Crippen molar-refractivity contribution in [3.8, 4) is 0 Å². The van der Waals surface area contributed by atoms with Crippen LogP contribution in [-0.4, -0.2) is 20.0 Å². The largest absolute Gasteiger partial charge is 0.354 e. The Balaban J connectivity index is 1.59. The molecule has 6 heteroatoms. The van der Waals surface area contributed by atoms with E-state index in [-0.39, 0.29) is 0 Å². The van der Waals surface area contributed by atoms with Crippen LogP contribution in [0, 0.1) is 6.92 Å². The van der Waals surface area contributed by atoms with Gasteiger partial charge in [0.2, 0.25) is 5.13 Å². The van der Waals surface area contributed by atoms with Gasteiger partial charge in [-0.05, 0) is 25.8 Å². The van der Waals surface area contributed by atoms with Crippen LogP contribution in [0.25, 0.3) is 0 Å². The van der Waals surface area contributed by atoms with Crippen molar-refractivity contribution in [2.75, 3.05) is 5.32 Å². The molecule has 0 unspecified atom stereocenters. The Hall–Kier alpha value is -1.43. The maximum absolute atomic E-state index is 4.62. The highest BCUT2D eigenvalue weighted by molar-refractivity contribution is 7.15. The molecule has 0 aromatic carbocycles. The van der Waals surface area contributed by atoms with E-state index in [4.69, 9.17) is 0 Å². The zero-order chi connectivity index (χ0) is 12.4. The van der Waals surface area contributed by atoms with E-state index in [1.807, 2.05) is 6.92 Å². The molecule has 0 amide bonds. The second kappa shape index (κ2) is 5.06. The number of hydrogen-bond acceptors (Lipinski definition) is 5. The molecule has 5 nitrogen and oxygen atoms in total. The van der Waals surface area contributed by atoms with Crippen LogP contribution in [0.5, 0.6) is 0 Å². The molecule has 96 valence electrons. The van der Waals surface area contributed by atoms with Gasteiger partial charge in [0.05, 0.1) is 18.3 Å². The van der Waals surface area contributed by atoms with E-state index < -0.39 is 0 Å². The van der Waals surface area contributed by atoms with E-state index >= 15 is 0 Å². The molecule has 1 N–H and O–H groups in total. The van der Waals surface area contributed by atoms with E-state index in [0.29, 0.717) is 12.6 Å². The summed E-state index contributed by atoms with van der Waals surface area (Å²) in [6.45, 7) is 2.67. The molecule has 2 heterocycles. The normalized spacial score (nSPS) is 16.3. The topological polar surface area (TPSA) is 55.6 Å². The van der Waals surface area contributed by atoms with Crippen LogP contribution in [0.3, 0.4) is 0 Å². The molecule has 0 spiro atoms. The summed E-state index contributed by atoms with van der Waals surface area (Å²) in [6.07, 6.45) is 7.30. The van der Waals surface area contributed by atoms with Gasteiger partial charge in [0.1, 0.15) is 5.01 Å². The Kier molecular flexibility index (Phi) is 3.27. The second-order valence-corrected chi connectivity index (χ2v) is 5.89. The third kappa shape index (κ3) is 2.53. The van der Waals surface area contributed by atoms with Crippen molar-refractivity contribution in [3.05, 3.63) is 23.0 Å². The Morgan fingerprint density at radius 3 is 2.94 bits per heavy atom. The average Bonchev–Trinajstić information content (AvgIpc) is 3.07. The van der Waals surface area contributed by atoms with Crippen LogP contribution in [0.2, 0.25) is 0 Å². The summed E-state index contributed by atoms with van der Waals surface area (Å²) in [7, 11) is 0. The van der Waals surface area contributed by atoms with Gasteiger partial charge in [0.15, 0.2) is 0 Å². The molecule has 0 radical (unpaired) electrons. The number of rotatable bonds is 4. The van der Waals surface area contributed by atoms with E-state index in [2.05, 4.69) is 37.6 Å². The molecule has 1 aliphatic carbocycles. The third-order valence-electron chi connectivity index (χ3n) is 3.31. The van der Waals surface area contributed by atoms with Crippen LogP contribution in [0.15, 0.2) is 12.3 Å². The summed E-state index contributed by atoms with van der Waals surface area (Å²) in [5, 5.41) is 17.7. The predicted octanol–water partition coefficient (Wildman–Crippen LogP) is 2.77. The van der Waals surface area contributed by atoms with Gasteiger partial charge >= 0.3 is 0 Å².